The summed E-state index contributed by atoms with van der Waals surface area (Å²) in [6.45, 7) is 1.92. The maximum Gasteiger partial charge on any atom is 0.526 e. The molecule has 0 radical (unpaired) electrons. The first-order valence-electron chi connectivity index (χ1n) is 12.3. The molecule has 5 N–H and O–H groups in total. The first-order chi connectivity index (χ1) is 18.9. The van der Waals surface area contributed by atoms with Crippen molar-refractivity contribution in [1.82, 2.24) is 15.1 Å². The number of hydrogen-bond acceptors (Lipinski definition) is 9. The number of imide groups is 1. The van der Waals surface area contributed by atoms with Gasteiger partial charge in [-0.3, -0.25) is 19.3 Å². The zero-order chi connectivity index (χ0) is 29.3. The van der Waals surface area contributed by atoms with Crippen molar-refractivity contribution in [3.8, 4) is 17.2 Å². The fraction of sp³-hybridized carbons (Fsp3) is 0.320. The number of fused-ring (bicyclic) bond motifs is 1. The van der Waals surface area contributed by atoms with Crippen molar-refractivity contribution < 1.29 is 49.0 Å². The Hall–Kier alpha value is -4.30. The summed E-state index contributed by atoms with van der Waals surface area (Å²) in [5.74, 6) is -6.14. The molecule has 210 valence electrons. The van der Waals surface area contributed by atoms with Gasteiger partial charge in [0.05, 0.1) is 10.6 Å². The van der Waals surface area contributed by atoms with Gasteiger partial charge in [-0.2, -0.15) is 0 Å². The molecular formula is C25H25BClN3O10. The third-order valence-corrected chi connectivity index (χ3v) is 7.27. The normalized spacial score (nSPS) is 17.7. The zero-order valence-electron chi connectivity index (χ0n) is 21.2. The molecular weight excluding hydrogens is 549 g/mol. The van der Waals surface area contributed by atoms with Crippen LogP contribution in [0.15, 0.2) is 30.3 Å². The fourth-order valence-electron chi connectivity index (χ4n) is 4.70. The fourth-order valence-corrected chi connectivity index (χ4v) is 4.97. The summed E-state index contributed by atoms with van der Waals surface area (Å²) in [5, 5.41) is 41.9. The Balaban J connectivity index is 1.61. The third-order valence-electron chi connectivity index (χ3n) is 6.88. The van der Waals surface area contributed by atoms with E-state index in [1.807, 2.05) is 0 Å². The topological polar surface area (TPSA) is 194 Å². The van der Waals surface area contributed by atoms with Crippen molar-refractivity contribution in [2.45, 2.75) is 31.6 Å². The number of para-hydroxylation sites is 1. The highest BCUT2D eigenvalue weighted by molar-refractivity contribution is 6.47. The Morgan fingerprint density at radius 2 is 1.88 bits per heavy atom. The SMILES string of the molecule is CCN1CCN(C(=O)NC(C(=O)C[C@H]2Cc3cccc(C(=O)O)c3OB2O)c2ccc(O)c(O)c2Cl)C(=O)C1=O. The van der Waals surface area contributed by atoms with Crippen LogP contribution in [0, 0.1) is 0 Å². The van der Waals surface area contributed by atoms with Crippen LogP contribution in [0.4, 0.5) is 4.79 Å². The summed E-state index contributed by atoms with van der Waals surface area (Å²) >= 11 is 6.20. The lowest BCUT2D eigenvalue weighted by Crippen LogP contribution is -2.58. The molecule has 2 aromatic carbocycles. The van der Waals surface area contributed by atoms with Crippen LogP contribution in [0.3, 0.4) is 0 Å². The lowest BCUT2D eigenvalue weighted by atomic mass is 9.64. The van der Waals surface area contributed by atoms with Gasteiger partial charge in [0, 0.05) is 37.4 Å². The molecule has 15 heteroatoms. The zero-order valence-corrected chi connectivity index (χ0v) is 21.9. The standard InChI is InChI=1S/C25H25BClN3O10/c1-2-29-8-9-30(23(35)22(29)34)25(38)28-19(14-6-7-16(31)20(33)18(14)27)17(32)11-13-10-12-4-3-5-15(24(36)37)21(12)40-26(13)39/h3-7,13,19,31,33,39H,2,8-11H2,1H3,(H,28,38)(H,36,37)/t13-,19?/m1/s1. The smallest absolute Gasteiger partial charge is 0.526 e. The number of Topliss-reactive ketones (excluding diaryl/α,β-unsaturated/α-hetero) is 1. The Morgan fingerprint density at radius 3 is 2.55 bits per heavy atom. The summed E-state index contributed by atoms with van der Waals surface area (Å²) in [6.07, 6.45) is -0.345. The number of aromatic hydroxyl groups is 2. The number of phenols is 2. The number of carbonyl (C=O) groups excluding carboxylic acids is 4. The van der Waals surface area contributed by atoms with E-state index < -0.39 is 71.5 Å². The monoisotopic (exact) mass is 573 g/mol. The quantitative estimate of drug-likeness (QED) is 0.183. The predicted octanol–water partition coefficient (Wildman–Crippen LogP) is 1.34. The number of halogens is 1. The van der Waals surface area contributed by atoms with Crippen LogP contribution in [0.1, 0.15) is 40.9 Å². The van der Waals surface area contributed by atoms with Crippen LogP contribution >= 0.6 is 11.6 Å². The number of carbonyl (C=O) groups is 5. The second kappa shape index (κ2) is 11.4. The number of carboxylic acid groups (broad SMARTS) is 1. The van der Waals surface area contributed by atoms with E-state index in [1.165, 1.54) is 23.1 Å². The number of benzene rings is 2. The number of urea groups is 1. The molecule has 2 heterocycles. The third kappa shape index (κ3) is 5.40. The average Bonchev–Trinajstić information content (AvgIpc) is 2.92. The molecule has 0 spiro atoms. The number of hydrogen-bond donors (Lipinski definition) is 5. The minimum Gasteiger partial charge on any atom is -0.535 e. The van der Waals surface area contributed by atoms with Crippen molar-refractivity contribution in [2.24, 2.45) is 0 Å². The minimum atomic E-state index is -1.57. The van der Waals surface area contributed by atoms with Crippen LogP contribution < -0.4 is 9.97 Å². The van der Waals surface area contributed by atoms with Crippen LogP contribution in [0.25, 0.3) is 0 Å². The van der Waals surface area contributed by atoms with Gasteiger partial charge in [0.1, 0.15) is 11.8 Å². The van der Waals surface area contributed by atoms with Gasteiger partial charge >= 0.3 is 30.9 Å². The van der Waals surface area contributed by atoms with Crippen LogP contribution in [0.2, 0.25) is 10.8 Å². The Morgan fingerprint density at radius 1 is 1.15 bits per heavy atom. The van der Waals surface area contributed by atoms with Gasteiger partial charge < -0.3 is 35.2 Å². The molecule has 1 fully saturated rings. The van der Waals surface area contributed by atoms with Gasteiger partial charge in [-0.1, -0.05) is 29.8 Å². The highest BCUT2D eigenvalue weighted by Gasteiger charge is 2.41. The van der Waals surface area contributed by atoms with Gasteiger partial charge in [0.15, 0.2) is 17.3 Å². The second-order valence-corrected chi connectivity index (χ2v) is 9.68. The molecule has 0 aliphatic carbocycles. The summed E-state index contributed by atoms with van der Waals surface area (Å²) in [4.78, 5) is 65.0. The van der Waals surface area contributed by atoms with E-state index in [1.54, 1.807) is 13.0 Å². The van der Waals surface area contributed by atoms with Gasteiger partial charge in [0.2, 0.25) is 0 Å². The second-order valence-electron chi connectivity index (χ2n) is 9.30. The van der Waals surface area contributed by atoms with E-state index in [4.69, 9.17) is 16.3 Å². The maximum absolute atomic E-state index is 13.6. The largest absolute Gasteiger partial charge is 0.535 e. The maximum atomic E-state index is 13.6. The Bertz CT molecular complexity index is 1400. The number of phenolic OH excluding ortho intramolecular Hbond substituents is 2. The Labute approximate surface area is 233 Å². The first kappa shape index (κ1) is 28.7. The number of amides is 4. The van der Waals surface area contributed by atoms with Crippen LogP contribution in [-0.4, -0.2) is 86.5 Å². The number of nitrogens with zero attached hydrogens (tertiary/aromatic N) is 2. The van der Waals surface area contributed by atoms with E-state index in [9.17, 15) is 44.3 Å². The molecule has 2 aliphatic heterocycles. The molecule has 2 atom stereocenters. The average molecular weight is 574 g/mol. The van der Waals surface area contributed by atoms with Crippen molar-refractivity contribution in [3.63, 3.8) is 0 Å². The number of likely N-dealkylation sites (N-methyl/N-ethyl adjacent to an activating group) is 1. The number of nitrogens with one attached hydrogen (secondary N) is 1. The van der Waals surface area contributed by atoms with E-state index in [2.05, 4.69) is 5.32 Å². The number of piperazine rings is 1. The van der Waals surface area contributed by atoms with Crippen LogP contribution in [0.5, 0.6) is 17.2 Å². The molecule has 0 aromatic heterocycles. The summed E-state index contributed by atoms with van der Waals surface area (Å²) < 4.78 is 5.45. The molecule has 4 rings (SSSR count). The molecule has 1 unspecified atom stereocenters. The van der Waals surface area contributed by atoms with E-state index in [-0.39, 0.29) is 42.9 Å². The highest BCUT2D eigenvalue weighted by Crippen LogP contribution is 2.41. The number of ketones is 1. The molecule has 2 aliphatic rings. The van der Waals surface area contributed by atoms with Gasteiger partial charge in [0.25, 0.3) is 0 Å². The van der Waals surface area contributed by atoms with Crippen molar-refractivity contribution in [2.75, 3.05) is 19.6 Å². The molecule has 1 saturated heterocycles. The van der Waals surface area contributed by atoms with Gasteiger partial charge in [-0.15, -0.1) is 0 Å². The molecule has 2 aromatic rings. The van der Waals surface area contributed by atoms with Crippen molar-refractivity contribution in [3.05, 3.63) is 52.0 Å². The number of aromatic carboxylic acids is 1. The molecule has 0 saturated carbocycles. The van der Waals surface area contributed by atoms with Gasteiger partial charge in [-0.05, 0) is 31.0 Å². The minimum absolute atomic E-state index is 0.0167. The predicted molar refractivity (Wildman–Crippen MR) is 139 cm³/mol. The number of rotatable bonds is 7. The van der Waals surface area contributed by atoms with Crippen molar-refractivity contribution >= 4 is 48.3 Å². The van der Waals surface area contributed by atoms with Crippen LogP contribution in [-0.2, 0) is 20.8 Å². The molecule has 0 bridgehead atoms. The van der Waals surface area contributed by atoms with Crippen molar-refractivity contribution in [1.29, 1.82) is 0 Å². The summed E-state index contributed by atoms with van der Waals surface area (Å²) in [6, 6.07) is 4.03. The van der Waals surface area contributed by atoms with E-state index >= 15 is 0 Å². The first-order valence-corrected chi connectivity index (χ1v) is 12.7. The molecule has 13 nitrogen and oxygen atoms in total. The summed E-state index contributed by atoms with van der Waals surface area (Å²) in [5.41, 5.74) is 0.183. The van der Waals surface area contributed by atoms with E-state index in [0.29, 0.717) is 10.5 Å². The summed E-state index contributed by atoms with van der Waals surface area (Å²) in [7, 11) is -1.57. The molecule has 4 amide bonds. The number of carboxylic acids is 1. The lowest BCUT2D eigenvalue weighted by Gasteiger charge is -2.33. The lowest BCUT2D eigenvalue weighted by molar-refractivity contribution is -0.153. The highest BCUT2D eigenvalue weighted by atomic mass is 35.5. The van der Waals surface area contributed by atoms with Gasteiger partial charge in [-0.25, -0.2) is 9.59 Å². The molecule has 40 heavy (non-hydrogen) atoms. The Kier molecular flexibility index (Phi) is 8.21. The van der Waals surface area contributed by atoms with E-state index in [0.717, 1.165) is 6.07 Å².